The van der Waals surface area contributed by atoms with Gasteiger partial charge in [-0.2, -0.15) is 4.31 Å². The summed E-state index contributed by atoms with van der Waals surface area (Å²) >= 11 is 5.81. The Morgan fingerprint density at radius 2 is 1.71 bits per heavy atom. The van der Waals surface area contributed by atoms with E-state index >= 15 is 0 Å². The SMILES string of the molecule is O=C(c1ccnc(Cl)c1)N1CCN(S(=O)(=O)c2ccccc2)CC1. The molecule has 0 bridgehead atoms. The molecule has 0 atom stereocenters. The van der Waals surface area contributed by atoms with Gasteiger partial charge < -0.3 is 4.90 Å². The lowest BCUT2D eigenvalue weighted by Crippen LogP contribution is -2.50. The quantitative estimate of drug-likeness (QED) is 0.779. The van der Waals surface area contributed by atoms with Crippen LogP contribution in [0, 0.1) is 0 Å². The van der Waals surface area contributed by atoms with Crippen molar-refractivity contribution in [3.8, 4) is 0 Å². The van der Waals surface area contributed by atoms with Crippen LogP contribution >= 0.6 is 11.6 Å². The zero-order valence-corrected chi connectivity index (χ0v) is 14.4. The molecule has 0 radical (unpaired) electrons. The lowest BCUT2D eigenvalue weighted by atomic mass is 10.2. The maximum absolute atomic E-state index is 12.6. The first kappa shape index (κ1) is 16.9. The Hall–Kier alpha value is -1.96. The van der Waals surface area contributed by atoms with E-state index < -0.39 is 10.0 Å². The van der Waals surface area contributed by atoms with Gasteiger partial charge in [0.1, 0.15) is 5.15 Å². The van der Waals surface area contributed by atoms with Crippen molar-refractivity contribution in [1.82, 2.24) is 14.2 Å². The Kier molecular flexibility index (Phi) is 4.84. The van der Waals surface area contributed by atoms with Crippen molar-refractivity contribution in [1.29, 1.82) is 0 Å². The summed E-state index contributed by atoms with van der Waals surface area (Å²) in [6.45, 7) is 1.21. The molecule has 0 spiro atoms. The van der Waals surface area contributed by atoms with E-state index in [1.165, 1.54) is 16.6 Å². The van der Waals surface area contributed by atoms with Crippen LogP contribution in [-0.4, -0.2) is 54.7 Å². The standard InChI is InChI=1S/C16H16ClN3O3S/c17-15-12-13(6-7-18-15)16(21)19-8-10-20(11-9-19)24(22,23)14-4-2-1-3-5-14/h1-7,12H,8-11H2. The molecule has 0 saturated carbocycles. The van der Waals surface area contributed by atoms with Crippen molar-refractivity contribution < 1.29 is 13.2 Å². The minimum atomic E-state index is -3.52. The zero-order chi connectivity index (χ0) is 17.2. The second kappa shape index (κ2) is 6.88. The highest BCUT2D eigenvalue weighted by Gasteiger charge is 2.30. The van der Waals surface area contributed by atoms with Crippen LogP contribution < -0.4 is 0 Å². The summed E-state index contributed by atoms with van der Waals surface area (Å²) < 4.78 is 26.6. The Morgan fingerprint density at radius 1 is 1.04 bits per heavy atom. The summed E-state index contributed by atoms with van der Waals surface area (Å²) in [5.74, 6) is -0.170. The van der Waals surface area contributed by atoms with Crippen molar-refractivity contribution in [2.24, 2.45) is 0 Å². The average Bonchev–Trinajstić information content (AvgIpc) is 2.62. The van der Waals surface area contributed by atoms with E-state index in [2.05, 4.69) is 4.98 Å². The Labute approximate surface area is 145 Å². The number of carbonyl (C=O) groups excluding carboxylic acids is 1. The van der Waals surface area contributed by atoms with Crippen LogP contribution in [-0.2, 0) is 10.0 Å². The molecule has 2 aromatic rings. The average molecular weight is 366 g/mol. The monoisotopic (exact) mass is 365 g/mol. The Morgan fingerprint density at radius 3 is 2.33 bits per heavy atom. The molecular weight excluding hydrogens is 350 g/mol. The molecule has 2 heterocycles. The second-order valence-electron chi connectivity index (χ2n) is 5.38. The van der Waals surface area contributed by atoms with Crippen LogP contribution in [0.15, 0.2) is 53.6 Å². The lowest BCUT2D eigenvalue weighted by molar-refractivity contribution is 0.0698. The number of benzene rings is 1. The molecule has 1 aliphatic rings. The van der Waals surface area contributed by atoms with E-state index in [-0.39, 0.29) is 29.0 Å². The summed E-state index contributed by atoms with van der Waals surface area (Å²) in [6, 6.07) is 11.4. The summed E-state index contributed by atoms with van der Waals surface area (Å²) in [5.41, 5.74) is 0.453. The molecule has 1 aromatic carbocycles. The maximum Gasteiger partial charge on any atom is 0.254 e. The molecule has 1 amide bonds. The van der Waals surface area contributed by atoms with Gasteiger partial charge in [0.15, 0.2) is 0 Å². The third-order valence-corrected chi connectivity index (χ3v) is 6.00. The first-order chi connectivity index (χ1) is 11.5. The molecule has 0 aliphatic carbocycles. The molecule has 0 unspecified atom stereocenters. The zero-order valence-electron chi connectivity index (χ0n) is 12.8. The molecule has 1 aliphatic heterocycles. The van der Waals surface area contributed by atoms with Gasteiger partial charge in [0.25, 0.3) is 5.91 Å². The summed E-state index contributed by atoms with van der Waals surface area (Å²) in [4.78, 5) is 18.2. The molecule has 3 rings (SSSR count). The number of piperazine rings is 1. The number of pyridine rings is 1. The van der Waals surface area contributed by atoms with E-state index in [9.17, 15) is 13.2 Å². The van der Waals surface area contributed by atoms with Crippen LogP contribution in [0.2, 0.25) is 5.15 Å². The molecule has 126 valence electrons. The van der Waals surface area contributed by atoms with E-state index in [0.717, 1.165) is 0 Å². The highest BCUT2D eigenvalue weighted by molar-refractivity contribution is 7.89. The van der Waals surface area contributed by atoms with E-state index in [1.807, 2.05) is 0 Å². The predicted octanol–water partition coefficient (Wildman–Crippen LogP) is 1.88. The minimum Gasteiger partial charge on any atom is -0.336 e. The number of hydrogen-bond donors (Lipinski definition) is 0. The number of rotatable bonds is 3. The van der Waals surface area contributed by atoms with Crippen LogP contribution in [0.5, 0.6) is 0 Å². The number of sulfonamides is 1. The second-order valence-corrected chi connectivity index (χ2v) is 7.70. The fourth-order valence-corrected chi connectivity index (χ4v) is 4.21. The van der Waals surface area contributed by atoms with Crippen LogP contribution in [0.25, 0.3) is 0 Å². The van der Waals surface area contributed by atoms with Crippen molar-refractivity contribution in [3.63, 3.8) is 0 Å². The molecule has 24 heavy (non-hydrogen) atoms. The summed E-state index contributed by atoms with van der Waals surface area (Å²) in [7, 11) is -3.52. The highest BCUT2D eigenvalue weighted by atomic mass is 35.5. The number of nitrogens with zero attached hydrogens (tertiary/aromatic N) is 3. The predicted molar refractivity (Wildman–Crippen MR) is 90.4 cm³/mol. The number of halogens is 1. The number of hydrogen-bond acceptors (Lipinski definition) is 4. The molecular formula is C16H16ClN3O3S. The maximum atomic E-state index is 12.6. The molecule has 1 aromatic heterocycles. The van der Waals surface area contributed by atoms with E-state index in [1.54, 1.807) is 41.3 Å². The fraction of sp³-hybridized carbons (Fsp3) is 0.250. The van der Waals surface area contributed by atoms with Crippen molar-refractivity contribution in [3.05, 3.63) is 59.4 Å². The normalized spacial score (nSPS) is 16.1. The van der Waals surface area contributed by atoms with Crippen LogP contribution in [0.4, 0.5) is 0 Å². The lowest BCUT2D eigenvalue weighted by Gasteiger charge is -2.34. The van der Waals surface area contributed by atoms with E-state index in [0.29, 0.717) is 18.7 Å². The molecule has 1 fully saturated rings. The Bertz CT molecular complexity index is 835. The van der Waals surface area contributed by atoms with Gasteiger partial charge in [-0.05, 0) is 24.3 Å². The van der Waals surface area contributed by atoms with Crippen LogP contribution in [0.3, 0.4) is 0 Å². The number of aromatic nitrogens is 1. The number of amides is 1. The fourth-order valence-electron chi connectivity index (χ4n) is 2.59. The van der Waals surface area contributed by atoms with Gasteiger partial charge in [-0.3, -0.25) is 4.79 Å². The highest BCUT2D eigenvalue weighted by Crippen LogP contribution is 2.18. The number of carbonyl (C=O) groups is 1. The van der Waals surface area contributed by atoms with Crippen LogP contribution in [0.1, 0.15) is 10.4 Å². The summed E-state index contributed by atoms with van der Waals surface area (Å²) in [6.07, 6.45) is 1.48. The van der Waals surface area contributed by atoms with Crippen molar-refractivity contribution in [2.75, 3.05) is 26.2 Å². The van der Waals surface area contributed by atoms with Crippen molar-refractivity contribution >= 4 is 27.5 Å². The van der Waals surface area contributed by atoms with Gasteiger partial charge in [-0.1, -0.05) is 29.8 Å². The first-order valence-corrected chi connectivity index (χ1v) is 9.26. The third kappa shape index (κ3) is 3.43. The topological polar surface area (TPSA) is 70.6 Å². The third-order valence-electron chi connectivity index (χ3n) is 3.88. The summed E-state index contributed by atoms with van der Waals surface area (Å²) in [5, 5.41) is 0.256. The van der Waals surface area contributed by atoms with Crippen molar-refractivity contribution in [2.45, 2.75) is 4.90 Å². The smallest absolute Gasteiger partial charge is 0.254 e. The molecule has 1 saturated heterocycles. The first-order valence-electron chi connectivity index (χ1n) is 7.44. The molecule has 8 heteroatoms. The Balaban J connectivity index is 1.69. The minimum absolute atomic E-state index is 0.170. The van der Waals surface area contributed by atoms with Gasteiger partial charge in [0.05, 0.1) is 4.90 Å². The van der Waals surface area contributed by atoms with Gasteiger partial charge in [-0.25, -0.2) is 13.4 Å². The molecule has 0 N–H and O–H groups in total. The largest absolute Gasteiger partial charge is 0.336 e. The van der Waals surface area contributed by atoms with Gasteiger partial charge in [0, 0.05) is 37.9 Å². The molecule has 6 nitrogen and oxygen atoms in total. The van der Waals surface area contributed by atoms with Gasteiger partial charge in [-0.15, -0.1) is 0 Å². The van der Waals surface area contributed by atoms with Gasteiger partial charge in [0.2, 0.25) is 10.0 Å². The van der Waals surface area contributed by atoms with Gasteiger partial charge >= 0.3 is 0 Å². The van der Waals surface area contributed by atoms with E-state index in [4.69, 9.17) is 11.6 Å².